The molecule has 0 aromatic heterocycles. The number of imide groups is 1. The van der Waals surface area contributed by atoms with Gasteiger partial charge in [-0.1, -0.05) is 6.42 Å². The monoisotopic (exact) mass is 164 g/mol. The van der Waals surface area contributed by atoms with Gasteiger partial charge in [-0.15, -0.1) is 0 Å². The molecule has 1 aliphatic heterocycles. The molecule has 0 unspecified atom stereocenters. The van der Waals surface area contributed by atoms with Crippen LogP contribution in [0.5, 0.6) is 0 Å². The second kappa shape index (κ2) is 2.73. The number of hydrogen-bond donors (Lipinski definition) is 0. The zero-order chi connectivity index (χ0) is 8.55. The topological polar surface area (TPSA) is 37.4 Å². The molecule has 63 valence electrons. The van der Waals surface area contributed by atoms with Crippen molar-refractivity contribution < 1.29 is 9.59 Å². The highest BCUT2D eigenvalue weighted by Crippen LogP contribution is 2.29. The van der Waals surface area contributed by atoms with E-state index in [4.69, 9.17) is 0 Å². The first-order valence-corrected chi connectivity index (χ1v) is 4.14. The van der Waals surface area contributed by atoms with Gasteiger partial charge in [0.2, 0.25) is 0 Å². The Kier molecular flexibility index (Phi) is 1.71. The molecule has 2 rings (SSSR count). The van der Waals surface area contributed by atoms with E-state index < -0.39 is 0 Å². The third-order valence-corrected chi connectivity index (χ3v) is 2.34. The van der Waals surface area contributed by atoms with E-state index in [0.29, 0.717) is 6.54 Å². The van der Waals surface area contributed by atoms with Crippen molar-refractivity contribution in [3.05, 3.63) is 18.1 Å². The molecule has 0 saturated heterocycles. The van der Waals surface area contributed by atoms with Gasteiger partial charge >= 0.3 is 0 Å². The van der Waals surface area contributed by atoms with E-state index in [1.807, 2.05) is 0 Å². The molecule has 1 saturated carbocycles. The second-order valence-corrected chi connectivity index (χ2v) is 3.20. The molecule has 0 aromatic carbocycles. The first-order valence-electron chi connectivity index (χ1n) is 4.14. The minimum Gasteiger partial charge on any atom is -0.275 e. The normalized spacial score (nSPS) is 23.5. The van der Waals surface area contributed by atoms with Gasteiger partial charge in [-0.3, -0.25) is 14.5 Å². The van der Waals surface area contributed by atoms with Crippen LogP contribution in [0.15, 0.2) is 12.2 Å². The van der Waals surface area contributed by atoms with Crippen LogP contribution < -0.4 is 0 Å². The summed E-state index contributed by atoms with van der Waals surface area (Å²) in [6, 6.07) is 0. The molecule has 1 fully saturated rings. The van der Waals surface area contributed by atoms with E-state index in [9.17, 15) is 9.59 Å². The summed E-state index contributed by atoms with van der Waals surface area (Å²) in [5.41, 5.74) is 0. The molecular formula is C9H10NO2. The molecule has 2 amide bonds. The Balaban J connectivity index is 1.94. The molecule has 1 radical (unpaired) electrons. The van der Waals surface area contributed by atoms with Gasteiger partial charge in [-0.2, -0.15) is 0 Å². The maximum atomic E-state index is 11.1. The van der Waals surface area contributed by atoms with Crippen LogP contribution in [0.1, 0.15) is 19.3 Å². The van der Waals surface area contributed by atoms with Gasteiger partial charge in [0.15, 0.2) is 0 Å². The van der Waals surface area contributed by atoms with E-state index in [-0.39, 0.29) is 11.8 Å². The summed E-state index contributed by atoms with van der Waals surface area (Å²) >= 11 is 0. The average Bonchev–Trinajstić information content (AvgIpc) is 2.25. The Morgan fingerprint density at radius 3 is 2.17 bits per heavy atom. The van der Waals surface area contributed by atoms with Gasteiger partial charge in [-0.05, 0) is 18.8 Å². The first kappa shape index (κ1) is 7.53. The third kappa shape index (κ3) is 1.15. The molecule has 0 N–H and O–H groups in total. The fourth-order valence-electron chi connectivity index (χ4n) is 1.40. The number of nitrogens with zero attached hydrogens (tertiary/aromatic N) is 1. The van der Waals surface area contributed by atoms with Crippen LogP contribution in [0.25, 0.3) is 0 Å². The van der Waals surface area contributed by atoms with Crippen molar-refractivity contribution in [2.45, 2.75) is 19.3 Å². The highest BCUT2D eigenvalue weighted by atomic mass is 16.2. The SMILES string of the molecule is O=C1C=CC(=O)N1C[C]1CCC1. The van der Waals surface area contributed by atoms with Crippen LogP contribution in [0, 0.1) is 5.92 Å². The van der Waals surface area contributed by atoms with Gasteiger partial charge in [0.1, 0.15) is 0 Å². The van der Waals surface area contributed by atoms with Gasteiger partial charge in [0.25, 0.3) is 11.8 Å². The fourth-order valence-corrected chi connectivity index (χ4v) is 1.40. The molecule has 0 aromatic rings. The summed E-state index contributed by atoms with van der Waals surface area (Å²) in [6.45, 7) is 0.546. The smallest absolute Gasteiger partial charge is 0.253 e. The second-order valence-electron chi connectivity index (χ2n) is 3.20. The Hall–Kier alpha value is -1.12. The predicted molar refractivity (Wildman–Crippen MR) is 43.0 cm³/mol. The van der Waals surface area contributed by atoms with Crippen LogP contribution in [0.2, 0.25) is 0 Å². The predicted octanol–water partition coefficient (Wildman–Crippen LogP) is 0.670. The van der Waals surface area contributed by atoms with Gasteiger partial charge < -0.3 is 0 Å². The van der Waals surface area contributed by atoms with Crippen LogP contribution in [0.3, 0.4) is 0 Å². The number of amides is 2. The Bertz CT molecular complexity index is 235. The van der Waals surface area contributed by atoms with Gasteiger partial charge in [-0.25, -0.2) is 0 Å². The van der Waals surface area contributed by atoms with E-state index in [0.717, 1.165) is 12.8 Å². The minimum atomic E-state index is -0.167. The highest BCUT2D eigenvalue weighted by Gasteiger charge is 2.28. The molecular weight excluding hydrogens is 154 g/mol. The van der Waals surface area contributed by atoms with Crippen LogP contribution in [0.4, 0.5) is 0 Å². The third-order valence-electron chi connectivity index (χ3n) is 2.34. The molecule has 3 heteroatoms. The van der Waals surface area contributed by atoms with E-state index in [1.54, 1.807) is 0 Å². The highest BCUT2D eigenvalue weighted by molar-refractivity contribution is 6.13. The van der Waals surface area contributed by atoms with Crippen molar-refractivity contribution >= 4 is 11.8 Å². The summed E-state index contributed by atoms with van der Waals surface area (Å²) in [4.78, 5) is 23.4. The number of carbonyl (C=O) groups is 2. The molecule has 0 atom stereocenters. The van der Waals surface area contributed by atoms with Crippen LogP contribution >= 0.6 is 0 Å². The fraction of sp³-hybridized carbons (Fsp3) is 0.444. The maximum Gasteiger partial charge on any atom is 0.253 e. The summed E-state index contributed by atoms with van der Waals surface area (Å²) in [6.07, 6.45) is 6.04. The van der Waals surface area contributed by atoms with E-state index >= 15 is 0 Å². The van der Waals surface area contributed by atoms with Crippen molar-refractivity contribution in [1.29, 1.82) is 0 Å². The lowest BCUT2D eigenvalue weighted by atomic mass is 9.85. The first-order chi connectivity index (χ1) is 5.77. The van der Waals surface area contributed by atoms with Crippen molar-refractivity contribution in [2.75, 3.05) is 6.54 Å². The molecule has 1 aliphatic carbocycles. The maximum absolute atomic E-state index is 11.1. The number of hydrogen-bond acceptors (Lipinski definition) is 2. The number of rotatable bonds is 2. The zero-order valence-electron chi connectivity index (χ0n) is 6.75. The van der Waals surface area contributed by atoms with Crippen molar-refractivity contribution in [3.63, 3.8) is 0 Å². The summed E-state index contributed by atoms with van der Waals surface area (Å²) in [7, 11) is 0. The lowest BCUT2D eigenvalue weighted by molar-refractivity contribution is -0.136. The molecule has 1 heterocycles. The van der Waals surface area contributed by atoms with Gasteiger partial charge in [0, 0.05) is 18.7 Å². The molecule has 2 aliphatic rings. The number of carbonyl (C=O) groups excluding carboxylic acids is 2. The van der Waals surface area contributed by atoms with Crippen LogP contribution in [-0.4, -0.2) is 23.3 Å². The lowest BCUT2D eigenvalue weighted by Crippen LogP contribution is -2.35. The average molecular weight is 164 g/mol. The Morgan fingerprint density at radius 1 is 1.17 bits per heavy atom. The lowest BCUT2D eigenvalue weighted by Gasteiger charge is -2.28. The largest absolute Gasteiger partial charge is 0.275 e. The van der Waals surface area contributed by atoms with Crippen molar-refractivity contribution in [2.24, 2.45) is 0 Å². The van der Waals surface area contributed by atoms with Crippen molar-refractivity contribution in [3.8, 4) is 0 Å². The summed E-state index contributed by atoms with van der Waals surface area (Å²) in [5.74, 6) is 0.985. The molecule has 0 bridgehead atoms. The van der Waals surface area contributed by atoms with Gasteiger partial charge in [0.05, 0.1) is 0 Å². The minimum absolute atomic E-state index is 0.167. The molecule has 0 spiro atoms. The Morgan fingerprint density at radius 2 is 1.75 bits per heavy atom. The van der Waals surface area contributed by atoms with E-state index in [2.05, 4.69) is 0 Å². The van der Waals surface area contributed by atoms with E-state index in [1.165, 1.54) is 29.4 Å². The summed E-state index contributed by atoms with van der Waals surface area (Å²) in [5, 5.41) is 0. The van der Waals surface area contributed by atoms with Crippen molar-refractivity contribution in [1.82, 2.24) is 4.90 Å². The molecule has 12 heavy (non-hydrogen) atoms. The quantitative estimate of drug-likeness (QED) is 0.562. The Labute approximate surface area is 71.0 Å². The summed E-state index contributed by atoms with van der Waals surface area (Å²) < 4.78 is 0. The zero-order valence-corrected chi connectivity index (χ0v) is 6.75. The van der Waals surface area contributed by atoms with Crippen LogP contribution in [-0.2, 0) is 9.59 Å². The standard InChI is InChI=1S/C9H10NO2/c11-8-4-5-9(12)10(8)6-7-2-1-3-7/h4-5H,1-3,6H2. The molecule has 3 nitrogen and oxygen atoms in total.